The number of amides is 6. The van der Waals surface area contributed by atoms with Crippen LogP contribution in [0.5, 0.6) is 0 Å². The standard InChI is InChI=1S/C54H95N7O19/c1-29(60(17)48(70)79-53(11,12)13)37(63)44(72-21-20-62)75-40-35(57-42(66)38(64)31-27-61(28-31)49(71)80-54(14,15)16)24-36(59-47(69)78-52(8,9)10)41(39(40)65)74-43-34(58-46(68)77-51(5,6)7)19-18-33(73-43)26-55-25-30-22-32(23-30)56-45(67)76-50(2,3)4/h18,29-32,34-41,43-44,55,62-65H,19-28H2,1-17H3,(H,56,67)(H,57,66)(H,58,68)(H,59,69)/t29-,30?,32?,34+,35+,36-,37+,38?,39+,40-,41+,43+,44+/m0/s1. The van der Waals surface area contributed by atoms with E-state index in [2.05, 4.69) is 26.6 Å². The topological polar surface area (TPSA) is 333 Å². The second kappa shape index (κ2) is 27.9. The molecule has 0 radical (unpaired) electrons. The maximum atomic E-state index is 14.2. The van der Waals surface area contributed by atoms with Gasteiger partial charge in [-0.3, -0.25) is 4.79 Å². The van der Waals surface area contributed by atoms with Crippen molar-refractivity contribution in [2.24, 2.45) is 11.8 Å². The number of likely N-dealkylation sites (tertiary alicyclic amines) is 1. The fraction of sp³-hybridized carbons (Fsp3) is 0.852. The number of nitrogens with one attached hydrogen (secondary N) is 5. The molecular formula is C54H95N7O19. The highest BCUT2D eigenvalue weighted by Crippen LogP contribution is 2.33. The summed E-state index contributed by atoms with van der Waals surface area (Å²) in [5.74, 6) is -1.06. The van der Waals surface area contributed by atoms with Crippen molar-refractivity contribution >= 4 is 36.4 Å². The third-order valence-corrected chi connectivity index (χ3v) is 12.9. The second-order valence-electron chi connectivity index (χ2n) is 26.1. The molecule has 6 amide bonds. The van der Waals surface area contributed by atoms with Crippen LogP contribution in [0, 0.1) is 11.8 Å². The number of carbonyl (C=O) groups excluding carboxylic acids is 6. The van der Waals surface area contributed by atoms with Crippen molar-refractivity contribution < 1.29 is 91.8 Å². The minimum atomic E-state index is -1.91. The van der Waals surface area contributed by atoms with Gasteiger partial charge in [0.2, 0.25) is 12.2 Å². The van der Waals surface area contributed by atoms with Gasteiger partial charge in [-0.1, -0.05) is 0 Å². The van der Waals surface area contributed by atoms with Crippen LogP contribution in [0.4, 0.5) is 24.0 Å². The van der Waals surface area contributed by atoms with Crippen LogP contribution in [0.2, 0.25) is 0 Å². The Labute approximate surface area is 471 Å². The number of aliphatic hydroxyl groups is 4. The Balaban J connectivity index is 1.71. The first-order chi connectivity index (χ1) is 36.7. The SMILES string of the molecule is C[C@@H]([C@@H](O)[C@H](OCCO)O[C@@H]1[C@@H](O)[C@H](O[C@H]2OC(CNCC3CC(NC(=O)OC(C)(C)C)C3)=CC[C@H]2NC(=O)OC(C)(C)C)[C@@H](NC(=O)OC(C)(C)C)C[C@H]1NC(=O)C(O)C1CN(C(=O)OC(C)(C)C)C1)N(C)C(=O)OC(C)(C)C. The van der Waals surface area contributed by atoms with Gasteiger partial charge in [-0.25, -0.2) is 24.0 Å². The Morgan fingerprint density at radius 3 is 1.75 bits per heavy atom. The summed E-state index contributed by atoms with van der Waals surface area (Å²) in [6.07, 6.45) is -12.4. The van der Waals surface area contributed by atoms with Crippen LogP contribution < -0.4 is 26.6 Å². The van der Waals surface area contributed by atoms with Crippen LogP contribution in [-0.4, -0.2) is 214 Å². The number of hydrogen-bond donors (Lipinski definition) is 9. The lowest BCUT2D eigenvalue weighted by Crippen LogP contribution is -2.69. The molecule has 0 spiro atoms. The summed E-state index contributed by atoms with van der Waals surface area (Å²) < 4.78 is 53.1. The maximum absolute atomic E-state index is 14.2. The molecule has 460 valence electrons. The molecular weight excluding hydrogens is 1050 g/mol. The fourth-order valence-corrected chi connectivity index (χ4v) is 8.99. The molecule has 80 heavy (non-hydrogen) atoms. The van der Waals surface area contributed by atoms with Crippen LogP contribution in [0.25, 0.3) is 0 Å². The number of alkyl carbamates (subject to hydrolysis) is 3. The molecule has 2 aliphatic heterocycles. The van der Waals surface area contributed by atoms with E-state index < -0.39 is 151 Å². The van der Waals surface area contributed by atoms with Crippen molar-refractivity contribution in [2.75, 3.05) is 46.4 Å². The third kappa shape index (κ3) is 22.1. The first-order valence-corrected chi connectivity index (χ1v) is 27.6. The largest absolute Gasteiger partial charge is 0.466 e. The normalized spacial score (nSPS) is 26.2. The smallest absolute Gasteiger partial charge is 0.410 e. The molecule has 9 N–H and O–H groups in total. The Bertz CT molecular complexity index is 2100. The highest BCUT2D eigenvalue weighted by molar-refractivity contribution is 5.82. The molecule has 2 heterocycles. The molecule has 4 rings (SSSR count). The van der Waals surface area contributed by atoms with Gasteiger partial charge in [0.05, 0.1) is 43.9 Å². The molecule has 1 saturated heterocycles. The molecule has 3 fully saturated rings. The highest BCUT2D eigenvalue weighted by Gasteiger charge is 2.52. The average Bonchev–Trinajstić information content (AvgIpc) is 3.25. The van der Waals surface area contributed by atoms with Crippen molar-refractivity contribution in [3.05, 3.63) is 11.8 Å². The number of ether oxygens (including phenoxy) is 9. The van der Waals surface area contributed by atoms with E-state index in [1.165, 1.54) is 18.9 Å². The lowest BCUT2D eigenvalue weighted by molar-refractivity contribution is -0.276. The molecule has 0 aromatic heterocycles. The van der Waals surface area contributed by atoms with Gasteiger partial charge in [-0.15, -0.1) is 0 Å². The molecule has 0 aromatic rings. The predicted octanol–water partition coefficient (Wildman–Crippen LogP) is 3.50. The molecule has 2 aliphatic carbocycles. The van der Waals surface area contributed by atoms with E-state index in [0.717, 1.165) is 4.90 Å². The van der Waals surface area contributed by atoms with E-state index in [1.54, 1.807) is 110 Å². The first-order valence-electron chi connectivity index (χ1n) is 27.6. The van der Waals surface area contributed by atoms with E-state index in [1.807, 2.05) is 0 Å². The lowest BCUT2D eigenvalue weighted by Gasteiger charge is -2.48. The average molecular weight is 1150 g/mol. The van der Waals surface area contributed by atoms with Crippen molar-refractivity contribution in [2.45, 2.75) is 238 Å². The summed E-state index contributed by atoms with van der Waals surface area (Å²) in [6, 6.07) is -4.76. The molecule has 26 heteroatoms. The molecule has 11 atom stereocenters. The lowest BCUT2D eigenvalue weighted by atomic mass is 9.80. The van der Waals surface area contributed by atoms with Crippen LogP contribution in [0.1, 0.15) is 136 Å². The van der Waals surface area contributed by atoms with Gasteiger partial charge in [0.1, 0.15) is 64.3 Å². The van der Waals surface area contributed by atoms with Gasteiger partial charge >= 0.3 is 30.5 Å². The van der Waals surface area contributed by atoms with Crippen LogP contribution in [-0.2, 0) is 47.4 Å². The quantitative estimate of drug-likeness (QED) is 0.0622. The van der Waals surface area contributed by atoms with Gasteiger partial charge < -0.3 is 99.4 Å². The summed E-state index contributed by atoms with van der Waals surface area (Å²) in [7, 11) is 1.38. The molecule has 0 aromatic carbocycles. The van der Waals surface area contributed by atoms with E-state index in [4.69, 9.17) is 42.6 Å². The van der Waals surface area contributed by atoms with Crippen LogP contribution in [0.15, 0.2) is 11.8 Å². The second-order valence-corrected chi connectivity index (χ2v) is 26.1. The van der Waals surface area contributed by atoms with Crippen LogP contribution in [0.3, 0.4) is 0 Å². The minimum Gasteiger partial charge on any atom is -0.466 e. The molecule has 2 saturated carbocycles. The van der Waals surface area contributed by atoms with Gasteiger partial charge in [0.15, 0.2) is 6.29 Å². The Kier molecular flexibility index (Phi) is 23.5. The van der Waals surface area contributed by atoms with Crippen molar-refractivity contribution in [3.8, 4) is 0 Å². The zero-order chi connectivity index (χ0) is 60.5. The zero-order valence-electron chi connectivity index (χ0n) is 50.0. The van der Waals surface area contributed by atoms with E-state index >= 15 is 0 Å². The van der Waals surface area contributed by atoms with E-state index in [9.17, 15) is 49.2 Å². The summed E-state index contributed by atoms with van der Waals surface area (Å²) in [5, 5.41) is 60.7. The summed E-state index contributed by atoms with van der Waals surface area (Å²) in [4.78, 5) is 82.1. The monoisotopic (exact) mass is 1150 g/mol. The van der Waals surface area contributed by atoms with Crippen molar-refractivity contribution in [1.82, 2.24) is 36.4 Å². The molecule has 1 unspecified atom stereocenters. The Morgan fingerprint density at radius 2 is 1.23 bits per heavy atom. The van der Waals surface area contributed by atoms with Gasteiger partial charge in [0, 0.05) is 32.1 Å². The number of hydrogen-bond acceptors (Lipinski definition) is 20. The zero-order valence-corrected chi connectivity index (χ0v) is 50.0. The minimum absolute atomic E-state index is 0.0258. The van der Waals surface area contributed by atoms with E-state index in [0.29, 0.717) is 25.1 Å². The Morgan fingerprint density at radius 1 is 0.713 bits per heavy atom. The maximum Gasteiger partial charge on any atom is 0.410 e. The number of carbonyl (C=O) groups is 6. The highest BCUT2D eigenvalue weighted by atomic mass is 16.7. The first kappa shape index (κ1) is 67.5. The summed E-state index contributed by atoms with van der Waals surface area (Å²) in [5.41, 5.74) is -4.25. The van der Waals surface area contributed by atoms with Crippen molar-refractivity contribution in [3.63, 3.8) is 0 Å². The number of nitrogens with zero attached hydrogens (tertiary/aromatic N) is 2. The number of likely N-dealkylation sites (N-methyl/N-ethyl adjacent to an activating group) is 1. The molecule has 4 aliphatic rings. The van der Waals surface area contributed by atoms with Gasteiger partial charge in [0.25, 0.3) is 0 Å². The van der Waals surface area contributed by atoms with Gasteiger partial charge in [-0.2, -0.15) is 0 Å². The van der Waals surface area contributed by atoms with Gasteiger partial charge in [-0.05, 0) is 155 Å². The summed E-state index contributed by atoms with van der Waals surface area (Å²) in [6.45, 7) is 26.7. The number of rotatable bonds is 20. The molecule has 26 nitrogen and oxygen atoms in total. The van der Waals surface area contributed by atoms with E-state index in [-0.39, 0.29) is 44.4 Å². The Hall–Kier alpha value is -4.96. The molecule has 0 bridgehead atoms. The fourth-order valence-electron chi connectivity index (χ4n) is 8.99. The van der Waals surface area contributed by atoms with Crippen LogP contribution >= 0.6 is 0 Å². The third-order valence-electron chi connectivity index (χ3n) is 12.9. The predicted molar refractivity (Wildman–Crippen MR) is 289 cm³/mol. The van der Waals surface area contributed by atoms with Crippen molar-refractivity contribution in [1.29, 1.82) is 0 Å². The number of aliphatic hydroxyl groups excluding tert-OH is 4. The summed E-state index contributed by atoms with van der Waals surface area (Å²) >= 11 is 0.